The highest BCUT2D eigenvalue weighted by molar-refractivity contribution is 6.30. The van der Waals surface area contributed by atoms with E-state index in [0.717, 1.165) is 6.42 Å². The molecule has 0 aliphatic carbocycles. The summed E-state index contributed by atoms with van der Waals surface area (Å²) in [6, 6.07) is 6.67. The Kier molecular flexibility index (Phi) is 4.98. The van der Waals surface area contributed by atoms with Crippen LogP contribution in [0.4, 0.5) is 5.69 Å². The number of ether oxygens (including phenoxy) is 1. The Morgan fingerprint density at radius 3 is 2.65 bits per heavy atom. The molecule has 1 heterocycles. The number of rotatable bonds is 5. The fourth-order valence-corrected chi connectivity index (χ4v) is 2.40. The van der Waals surface area contributed by atoms with Crippen molar-refractivity contribution in [3.63, 3.8) is 0 Å². The van der Waals surface area contributed by atoms with Crippen LogP contribution in [-0.4, -0.2) is 29.7 Å². The lowest BCUT2D eigenvalue weighted by molar-refractivity contribution is -0.142. The van der Waals surface area contributed by atoms with Crippen molar-refractivity contribution in [1.29, 1.82) is 0 Å². The van der Waals surface area contributed by atoms with Crippen molar-refractivity contribution in [2.75, 3.05) is 11.9 Å². The minimum atomic E-state index is -1.00. The van der Waals surface area contributed by atoms with E-state index in [2.05, 4.69) is 5.32 Å². The van der Waals surface area contributed by atoms with E-state index in [0.29, 0.717) is 23.7 Å². The molecule has 6 heteroatoms. The van der Waals surface area contributed by atoms with Crippen molar-refractivity contribution in [3.8, 4) is 0 Å². The van der Waals surface area contributed by atoms with Crippen LogP contribution >= 0.6 is 11.6 Å². The molecule has 1 aliphatic rings. The van der Waals surface area contributed by atoms with Crippen molar-refractivity contribution < 1.29 is 19.4 Å². The van der Waals surface area contributed by atoms with Crippen LogP contribution in [-0.2, 0) is 14.3 Å². The van der Waals surface area contributed by atoms with Crippen LogP contribution in [0.5, 0.6) is 0 Å². The van der Waals surface area contributed by atoms with Gasteiger partial charge in [-0.2, -0.15) is 0 Å². The maximum atomic E-state index is 12.2. The molecule has 0 unspecified atom stereocenters. The predicted molar refractivity (Wildman–Crippen MR) is 74.8 cm³/mol. The van der Waals surface area contributed by atoms with E-state index >= 15 is 0 Å². The van der Waals surface area contributed by atoms with Crippen LogP contribution in [0.2, 0.25) is 5.02 Å². The van der Waals surface area contributed by atoms with Gasteiger partial charge >= 0.3 is 5.97 Å². The second-order valence-corrected chi connectivity index (χ2v) is 5.19. The van der Waals surface area contributed by atoms with E-state index in [4.69, 9.17) is 21.4 Å². The normalized spacial score (nSPS) is 19.6. The number of aliphatic carboxylic acids is 1. The third-order valence-electron chi connectivity index (χ3n) is 3.26. The number of amides is 1. The van der Waals surface area contributed by atoms with Crippen molar-refractivity contribution in [1.82, 2.24) is 0 Å². The van der Waals surface area contributed by atoms with Crippen molar-refractivity contribution in [2.45, 2.75) is 25.4 Å². The zero-order valence-electron chi connectivity index (χ0n) is 10.8. The van der Waals surface area contributed by atoms with E-state index in [9.17, 15) is 9.59 Å². The number of nitrogens with one attached hydrogen (secondary N) is 1. The summed E-state index contributed by atoms with van der Waals surface area (Å²) in [7, 11) is 0. The second kappa shape index (κ2) is 6.72. The number of carboxylic acid groups (broad SMARTS) is 1. The molecule has 0 aromatic heterocycles. The van der Waals surface area contributed by atoms with Crippen LogP contribution in [0.1, 0.15) is 19.3 Å². The van der Waals surface area contributed by atoms with E-state index < -0.39 is 11.9 Å². The van der Waals surface area contributed by atoms with Gasteiger partial charge in [0, 0.05) is 17.3 Å². The largest absolute Gasteiger partial charge is 0.481 e. The number of hydrogen-bond acceptors (Lipinski definition) is 3. The number of carbonyl (C=O) groups excluding carboxylic acids is 1. The molecule has 1 aromatic rings. The van der Waals surface area contributed by atoms with E-state index in [-0.39, 0.29) is 18.4 Å². The summed E-state index contributed by atoms with van der Waals surface area (Å²) in [5, 5.41) is 12.2. The zero-order chi connectivity index (χ0) is 14.5. The van der Waals surface area contributed by atoms with E-state index in [1.54, 1.807) is 24.3 Å². The van der Waals surface area contributed by atoms with Crippen LogP contribution in [0.3, 0.4) is 0 Å². The number of halogens is 1. The Morgan fingerprint density at radius 1 is 1.40 bits per heavy atom. The van der Waals surface area contributed by atoms with Crippen molar-refractivity contribution in [3.05, 3.63) is 29.3 Å². The first-order valence-electron chi connectivity index (χ1n) is 6.46. The molecular weight excluding hydrogens is 282 g/mol. The zero-order valence-corrected chi connectivity index (χ0v) is 11.6. The lowest BCUT2D eigenvalue weighted by Gasteiger charge is -2.20. The maximum Gasteiger partial charge on any atom is 0.304 e. The SMILES string of the molecule is O=C(O)C[C@@H](C(=O)Nc1ccc(Cl)cc1)[C@H]1CCCO1. The highest BCUT2D eigenvalue weighted by Crippen LogP contribution is 2.25. The lowest BCUT2D eigenvalue weighted by Crippen LogP contribution is -2.34. The molecule has 1 amide bonds. The van der Waals surface area contributed by atoms with Gasteiger partial charge in [-0.05, 0) is 37.1 Å². The molecule has 1 aliphatic heterocycles. The Morgan fingerprint density at radius 2 is 2.10 bits per heavy atom. The molecule has 1 aromatic carbocycles. The fourth-order valence-electron chi connectivity index (χ4n) is 2.27. The topological polar surface area (TPSA) is 75.6 Å². The maximum absolute atomic E-state index is 12.2. The van der Waals surface area contributed by atoms with Gasteiger partial charge in [-0.3, -0.25) is 9.59 Å². The molecule has 2 atom stereocenters. The van der Waals surface area contributed by atoms with Gasteiger partial charge in [0.25, 0.3) is 0 Å². The standard InChI is InChI=1S/C14H16ClNO4/c15-9-3-5-10(6-4-9)16-14(19)11(8-13(17)18)12-2-1-7-20-12/h3-6,11-12H,1-2,7-8H2,(H,16,19)(H,17,18)/t11-,12-/m1/s1. The Hall–Kier alpha value is -1.59. The first-order chi connectivity index (χ1) is 9.56. The molecule has 0 bridgehead atoms. The van der Waals surface area contributed by atoms with Crippen LogP contribution in [0.25, 0.3) is 0 Å². The van der Waals surface area contributed by atoms with Crippen molar-refractivity contribution in [2.24, 2.45) is 5.92 Å². The van der Waals surface area contributed by atoms with Gasteiger partial charge in [0.1, 0.15) is 0 Å². The smallest absolute Gasteiger partial charge is 0.304 e. The van der Waals surface area contributed by atoms with E-state index in [1.165, 1.54) is 0 Å². The Balaban J connectivity index is 2.05. The molecule has 20 heavy (non-hydrogen) atoms. The minimum Gasteiger partial charge on any atom is -0.481 e. The van der Waals surface area contributed by atoms with Gasteiger partial charge < -0.3 is 15.2 Å². The third-order valence-corrected chi connectivity index (χ3v) is 3.51. The number of carboxylic acids is 1. The molecule has 0 radical (unpaired) electrons. The predicted octanol–water partition coefficient (Wildman–Crippen LogP) is 2.55. The van der Waals surface area contributed by atoms with Gasteiger partial charge in [0.15, 0.2) is 0 Å². The first-order valence-corrected chi connectivity index (χ1v) is 6.84. The summed E-state index contributed by atoms with van der Waals surface area (Å²) in [6.45, 7) is 0.578. The second-order valence-electron chi connectivity index (χ2n) is 4.75. The summed E-state index contributed by atoms with van der Waals surface area (Å²) in [4.78, 5) is 23.1. The quantitative estimate of drug-likeness (QED) is 0.876. The number of carbonyl (C=O) groups is 2. The van der Waals surface area contributed by atoms with Crippen LogP contribution in [0.15, 0.2) is 24.3 Å². The number of anilines is 1. The van der Waals surface area contributed by atoms with Crippen LogP contribution < -0.4 is 5.32 Å². The van der Waals surface area contributed by atoms with Gasteiger partial charge in [0.05, 0.1) is 18.4 Å². The minimum absolute atomic E-state index is 0.232. The molecule has 5 nitrogen and oxygen atoms in total. The number of hydrogen-bond donors (Lipinski definition) is 2. The monoisotopic (exact) mass is 297 g/mol. The third kappa shape index (κ3) is 3.95. The molecule has 0 saturated carbocycles. The average molecular weight is 298 g/mol. The van der Waals surface area contributed by atoms with Gasteiger partial charge in [-0.1, -0.05) is 11.6 Å². The Labute approximate surface area is 121 Å². The summed E-state index contributed by atoms with van der Waals surface area (Å²) in [6.07, 6.45) is 1.02. The first kappa shape index (κ1) is 14.8. The van der Waals surface area contributed by atoms with Gasteiger partial charge in [-0.15, -0.1) is 0 Å². The molecule has 0 spiro atoms. The summed E-state index contributed by atoms with van der Waals surface area (Å²) < 4.78 is 5.45. The van der Waals surface area contributed by atoms with E-state index in [1.807, 2.05) is 0 Å². The summed E-state index contributed by atoms with van der Waals surface area (Å²) in [5.74, 6) is -2.01. The van der Waals surface area contributed by atoms with Gasteiger partial charge in [-0.25, -0.2) is 0 Å². The highest BCUT2D eigenvalue weighted by Gasteiger charge is 2.33. The highest BCUT2D eigenvalue weighted by atomic mass is 35.5. The molecule has 108 valence electrons. The summed E-state index contributed by atoms with van der Waals surface area (Å²) in [5.41, 5.74) is 0.591. The summed E-state index contributed by atoms with van der Waals surface area (Å²) >= 11 is 5.77. The van der Waals surface area contributed by atoms with Gasteiger partial charge in [0.2, 0.25) is 5.91 Å². The van der Waals surface area contributed by atoms with Crippen LogP contribution in [0, 0.1) is 5.92 Å². The molecule has 1 saturated heterocycles. The molecule has 2 N–H and O–H groups in total. The molecule has 2 rings (SSSR count). The Bertz CT molecular complexity index is 482. The molecule has 1 fully saturated rings. The van der Waals surface area contributed by atoms with Crippen molar-refractivity contribution >= 4 is 29.2 Å². The molecular formula is C14H16ClNO4. The average Bonchev–Trinajstić information content (AvgIpc) is 2.92. The lowest BCUT2D eigenvalue weighted by atomic mass is 9.95. The number of benzene rings is 1. The fraction of sp³-hybridized carbons (Fsp3) is 0.429.